The molecule has 0 spiro atoms. The number of anilines is 2. The van der Waals surface area contributed by atoms with Crippen molar-refractivity contribution < 1.29 is 66.2 Å². The zero-order chi connectivity index (χ0) is 35.7. The van der Waals surface area contributed by atoms with Gasteiger partial charge in [-0.1, -0.05) is 0 Å². The summed E-state index contributed by atoms with van der Waals surface area (Å²) in [6, 6.07) is 0. The van der Waals surface area contributed by atoms with Gasteiger partial charge in [0.25, 0.3) is 17.6 Å². The van der Waals surface area contributed by atoms with Crippen LogP contribution in [0.4, 0.5) is 11.9 Å². The molecule has 28 heteroatoms. The third-order valence-corrected chi connectivity index (χ3v) is 9.80. The van der Waals surface area contributed by atoms with Crippen LogP contribution in [0.5, 0.6) is 0 Å². The molecule has 0 saturated carbocycles. The third-order valence-electron chi connectivity index (χ3n) is 7.83. The normalized spacial score (nSPS) is 35.0. The Balaban J connectivity index is 1.19. The predicted molar refractivity (Wildman–Crippen MR) is 157 cm³/mol. The molecule has 0 aliphatic carbocycles. The summed E-state index contributed by atoms with van der Waals surface area (Å²) in [6.45, 7) is -2.36. The molecule has 4 unspecified atom stereocenters. The third kappa shape index (κ3) is 6.10. The van der Waals surface area contributed by atoms with E-state index < -0.39 is 95.7 Å². The number of aliphatic hydroxyl groups excluding tert-OH is 2. The van der Waals surface area contributed by atoms with Gasteiger partial charge in [0.15, 0.2) is 40.6 Å². The Morgan fingerprint density at radius 1 is 0.880 bits per heavy atom. The summed E-state index contributed by atoms with van der Waals surface area (Å²) in [5.74, 6) is -0.865. The summed E-state index contributed by atoms with van der Waals surface area (Å²) in [5.41, 5.74) is 8.89. The van der Waals surface area contributed by atoms with Crippen LogP contribution < -0.4 is 22.6 Å². The second-order valence-corrected chi connectivity index (χ2v) is 13.8. The monoisotopic (exact) mass is 748 g/mol. The molecule has 7 rings (SSSR count). The van der Waals surface area contributed by atoms with Gasteiger partial charge in [0, 0.05) is 0 Å². The van der Waals surface area contributed by atoms with Crippen LogP contribution in [0.2, 0.25) is 0 Å². The SMILES string of the molecule is Nc1nc2c(ncn2[C@@H]2O[C@@H]3COP(=O)(O)OC4[C@@H](COP(=O)(O)O[C@@H]3C2O)O[C@@H](n2c(COC=O)nc3c(=O)[nH]c(N)nc32)[C@H]4O)c(=O)[nH]1. The van der Waals surface area contributed by atoms with Crippen LogP contribution in [0.15, 0.2) is 15.9 Å². The Bertz CT molecular complexity index is 2190. The Morgan fingerprint density at radius 2 is 1.42 bits per heavy atom. The van der Waals surface area contributed by atoms with Gasteiger partial charge in [-0.25, -0.2) is 19.1 Å². The Morgan fingerprint density at radius 3 is 2.02 bits per heavy atom. The number of phosphoric acid groups is 2. The maximum absolute atomic E-state index is 13.2. The van der Waals surface area contributed by atoms with E-state index in [2.05, 4.69) is 29.9 Å². The lowest BCUT2D eigenvalue weighted by atomic mass is 10.1. The molecule has 4 aromatic heterocycles. The van der Waals surface area contributed by atoms with E-state index in [0.717, 1.165) is 15.5 Å². The highest BCUT2D eigenvalue weighted by Gasteiger charge is 2.54. The van der Waals surface area contributed by atoms with Crippen molar-refractivity contribution in [3.63, 3.8) is 0 Å². The molecule has 50 heavy (non-hydrogen) atoms. The number of hydrogen-bond donors (Lipinski definition) is 8. The first-order chi connectivity index (χ1) is 23.7. The number of ether oxygens (including phenoxy) is 3. The molecule has 0 radical (unpaired) electrons. The molecular formula is C22H26N10O16P2. The molecule has 3 aliphatic rings. The fourth-order valence-corrected chi connectivity index (χ4v) is 7.70. The van der Waals surface area contributed by atoms with E-state index >= 15 is 0 Å². The van der Waals surface area contributed by atoms with Crippen molar-refractivity contribution in [2.45, 2.75) is 55.7 Å². The molecule has 10 atom stereocenters. The molecule has 0 aromatic carbocycles. The van der Waals surface area contributed by atoms with Gasteiger partial charge in [-0.05, 0) is 0 Å². The lowest BCUT2D eigenvalue weighted by molar-refractivity contribution is -0.130. The number of rotatable bonds is 5. The molecule has 7 heterocycles. The average molecular weight is 748 g/mol. The molecule has 3 saturated heterocycles. The van der Waals surface area contributed by atoms with Crippen LogP contribution in [0.3, 0.4) is 0 Å². The standard InChI is InChI=1S/C22H26N10O16P2/c23-21-27-15-9(17(36)29-21)25-4-31(15)19-11(34)13-6(45-19)1-43-50(40,41)48-14-7(2-44-49(38,39)47-13)46-20(12(14)35)32-8(3-42-5-33)26-10-16(32)28-22(24)30-18(10)37/h4-7,11-14,19-20,34-35H,1-3H2,(H,38,39)(H,40,41)(H3,23,27,29,36)(H3,24,28,30,37)/t6-,7-,11?,12+,13+,14?,19-,20-/m1/s1. The number of aliphatic hydroxyl groups is 2. The number of nitrogens with one attached hydrogen (secondary N) is 2. The van der Waals surface area contributed by atoms with Gasteiger partial charge in [-0.15, -0.1) is 0 Å². The van der Waals surface area contributed by atoms with Gasteiger partial charge in [-0.3, -0.25) is 51.6 Å². The van der Waals surface area contributed by atoms with Crippen molar-refractivity contribution >= 4 is 56.3 Å². The minimum Gasteiger partial charge on any atom is -0.460 e. The van der Waals surface area contributed by atoms with Crippen molar-refractivity contribution in [3.05, 3.63) is 32.9 Å². The molecule has 0 amide bonds. The highest BCUT2D eigenvalue weighted by Crippen LogP contribution is 2.53. The topological polar surface area (TPSA) is 376 Å². The largest absolute Gasteiger partial charge is 0.472 e. The van der Waals surface area contributed by atoms with Crippen LogP contribution in [0, 0.1) is 0 Å². The number of aromatic nitrogens is 8. The molecule has 3 aliphatic heterocycles. The second kappa shape index (κ2) is 12.6. The van der Waals surface area contributed by atoms with Crippen LogP contribution in [0.1, 0.15) is 18.3 Å². The lowest BCUT2D eigenvalue weighted by Gasteiger charge is -2.27. The number of carbonyl (C=O) groups is 1. The van der Waals surface area contributed by atoms with E-state index in [0.29, 0.717) is 0 Å². The highest BCUT2D eigenvalue weighted by atomic mass is 31.2. The van der Waals surface area contributed by atoms with Crippen molar-refractivity contribution in [2.24, 2.45) is 0 Å². The van der Waals surface area contributed by atoms with Crippen LogP contribution in [-0.2, 0) is 52.8 Å². The Kier molecular flexibility index (Phi) is 8.61. The molecule has 3 fully saturated rings. The fraction of sp³-hybridized carbons (Fsp3) is 0.500. The average Bonchev–Trinajstić information content (AvgIpc) is 3.77. The van der Waals surface area contributed by atoms with Gasteiger partial charge in [0.05, 0.1) is 19.5 Å². The number of hydrogen-bond acceptors (Lipinski definition) is 20. The smallest absolute Gasteiger partial charge is 0.460 e. The number of nitrogens with two attached hydrogens (primary N) is 2. The van der Waals surface area contributed by atoms with Crippen molar-refractivity contribution in [1.29, 1.82) is 0 Å². The van der Waals surface area contributed by atoms with Crippen molar-refractivity contribution in [2.75, 3.05) is 24.7 Å². The minimum absolute atomic E-state index is 0.0769. The van der Waals surface area contributed by atoms with Crippen molar-refractivity contribution in [3.8, 4) is 0 Å². The van der Waals surface area contributed by atoms with Gasteiger partial charge in [0.1, 0.15) is 43.2 Å². The first-order valence-corrected chi connectivity index (χ1v) is 17.2. The number of fused-ring (bicyclic) bond motifs is 4. The molecular weight excluding hydrogens is 722 g/mol. The zero-order valence-corrected chi connectivity index (χ0v) is 26.6. The van der Waals surface area contributed by atoms with Gasteiger partial charge < -0.3 is 45.7 Å². The predicted octanol–water partition coefficient (Wildman–Crippen LogP) is -3.38. The number of nitrogen functional groups attached to an aromatic ring is 2. The maximum Gasteiger partial charge on any atom is 0.472 e. The number of aromatic amines is 2. The quantitative estimate of drug-likeness (QED) is 0.0729. The van der Waals surface area contributed by atoms with Crippen LogP contribution in [0.25, 0.3) is 22.3 Å². The number of H-pyrrole nitrogens is 2. The summed E-state index contributed by atoms with van der Waals surface area (Å²) in [6.07, 6.45) is -12.7. The van der Waals surface area contributed by atoms with Gasteiger partial charge in [0.2, 0.25) is 11.9 Å². The summed E-state index contributed by atoms with van der Waals surface area (Å²) < 4.78 is 65.6. The molecule has 10 N–H and O–H groups in total. The van der Waals surface area contributed by atoms with E-state index in [4.69, 9.17) is 43.8 Å². The van der Waals surface area contributed by atoms with E-state index in [1.54, 1.807) is 0 Å². The molecule has 4 aromatic rings. The Hall–Kier alpha value is -4.17. The molecule has 0 bridgehead atoms. The fourth-order valence-electron chi connectivity index (χ4n) is 5.77. The molecule has 26 nitrogen and oxygen atoms in total. The van der Waals surface area contributed by atoms with E-state index in [1.165, 1.54) is 0 Å². The first kappa shape index (κ1) is 34.3. The summed E-state index contributed by atoms with van der Waals surface area (Å²) in [7, 11) is -10.4. The Labute approximate surface area is 275 Å². The summed E-state index contributed by atoms with van der Waals surface area (Å²) in [4.78, 5) is 77.6. The first-order valence-electron chi connectivity index (χ1n) is 14.2. The number of nitrogens with zero attached hydrogens (tertiary/aromatic N) is 6. The van der Waals surface area contributed by atoms with E-state index in [9.17, 15) is 43.5 Å². The summed E-state index contributed by atoms with van der Waals surface area (Å²) >= 11 is 0. The van der Waals surface area contributed by atoms with Gasteiger partial charge >= 0.3 is 15.6 Å². The van der Waals surface area contributed by atoms with E-state index in [-0.39, 0.29) is 46.5 Å². The summed E-state index contributed by atoms with van der Waals surface area (Å²) in [5, 5.41) is 22.5. The number of phosphoric ester groups is 2. The number of imidazole rings is 2. The van der Waals surface area contributed by atoms with Crippen LogP contribution in [-0.4, -0.2) is 115 Å². The minimum atomic E-state index is -5.20. The lowest BCUT2D eigenvalue weighted by Crippen LogP contribution is -2.39. The second-order valence-electron chi connectivity index (χ2n) is 11.0. The van der Waals surface area contributed by atoms with E-state index in [1.807, 2.05) is 0 Å². The number of carbonyl (C=O) groups excluding carboxylic acids is 1. The van der Waals surface area contributed by atoms with Crippen molar-refractivity contribution in [1.82, 2.24) is 39.0 Å². The maximum atomic E-state index is 13.2. The highest BCUT2D eigenvalue weighted by molar-refractivity contribution is 7.47. The van der Waals surface area contributed by atoms with Gasteiger partial charge in [-0.2, -0.15) is 9.97 Å². The molecule has 270 valence electrons. The zero-order valence-electron chi connectivity index (χ0n) is 24.8. The van der Waals surface area contributed by atoms with Crippen LogP contribution >= 0.6 is 15.6 Å².